The smallest absolute Gasteiger partial charge is 0.286 e. The summed E-state index contributed by atoms with van der Waals surface area (Å²) in [7, 11) is -12.5. The van der Waals surface area contributed by atoms with Crippen LogP contribution in [0.3, 0.4) is 0 Å². The zero-order chi connectivity index (χ0) is 23.4. The Morgan fingerprint density at radius 2 is 0.800 bits per heavy atom. The second-order valence-electron chi connectivity index (χ2n) is 5.30. The molecule has 2 aromatic rings. The highest BCUT2D eigenvalue weighted by atomic mass is 32.3. The maximum absolute atomic E-state index is 12.7. The van der Waals surface area contributed by atoms with E-state index < -0.39 is 53.6 Å². The van der Waals surface area contributed by atoms with Gasteiger partial charge in [-0.05, 0) is 0 Å². The molecular formula is C16H10F6O6S2. The van der Waals surface area contributed by atoms with E-state index in [1.165, 1.54) is 36.4 Å². The van der Waals surface area contributed by atoms with Crippen molar-refractivity contribution in [3.8, 4) is 0 Å². The molecule has 2 aromatic carbocycles. The van der Waals surface area contributed by atoms with Crippen LogP contribution in [-0.4, -0.2) is 38.9 Å². The van der Waals surface area contributed by atoms with Crippen molar-refractivity contribution in [2.75, 3.05) is 0 Å². The molecule has 0 aliphatic carbocycles. The van der Waals surface area contributed by atoms with Crippen molar-refractivity contribution in [2.24, 2.45) is 0 Å². The number of rotatable bonds is 6. The van der Waals surface area contributed by atoms with Gasteiger partial charge in [-0.2, -0.15) is 34.4 Å². The van der Waals surface area contributed by atoms with Crippen LogP contribution in [0.2, 0.25) is 0 Å². The molecule has 0 bridgehead atoms. The summed E-state index contributed by atoms with van der Waals surface area (Å²) in [5.74, 6) is -4.16. The molecule has 0 heterocycles. The molecule has 0 radical (unpaired) electrons. The number of Topliss-reactive ketones (excluding diaryl/α,β-unsaturated/α-hetero) is 2. The fourth-order valence-electron chi connectivity index (χ4n) is 1.74. The molecule has 164 valence electrons. The number of benzene rings is 2. The van der Waals surface area contributed by atoms with Crippen LogP contribution in [0.4, 0.5) is 25.3 Å². The van der Waals surface area contributed by atoms with Crippen LogP contribution in [0.15, 0.2) is 60.7 Å². The van der Waals surface area contributed by atoms with Crippen molar-refractivity contribution >= 4 is 32.0 Å². The standard InChI is InChI=1S/2C8H5F3O3S/c2*9-8(10,15(11,13)14)7(12)6-4-2-1-3-5-6/h2*1-5H. The van der Waals surface area contributed by atoms with Gasteiger partial charge in [0.05, 0.1) is 0 Å². The van der Waals surface area contributed by atoms with Gasteiger partial charge < -0.3 is 0 Å². The van der Waals surface area contributed by atoms with Gasteiger partial charge in [0, 0.05) is 11.1 Å². The molecule has 0 N–H and O–H groups in total. The van der Waals surface area contributed by atoms with E-state index >= 15 is 0 Å². The van der Waals surface area contributed by atoms with Gasteiger partial charge in [0.15, 0.2) is 0 Å². The lowest BCUT2D eigenvalue weighted by Crippen LogP contribution is -2.35. The third kappa shape index (κ3) is 5.66. The van der Waals surface area contributed by atoms with Crippen LogP contribution >= 0.6 is 0 Å². The highest BCUT2D eigenvalue weighted by Gasteiger charge is 2.54. The predicted molar refractivity (Wildman–Crippen MR) is 91.5 cm³/mol. The molecule has 0 fully saturated rings. The SMILES string of the molecule is O=C(c1ccccc1)C(F)(F)S(=O)(=O)F.O=C(c1ccccc1)C(F)(F)S(=O)(=O)F. The summed E-state index contributed by atoms with van der Waals surface area (Å²) >= 11 is 0. The number of carbonyl (C=O) groups is 2. The van der Waals surface area contributed by atoms with Crippen molar-refractivity contribution < 1.29 is 51.8 Å². The van der Waals surface area contributed by atoms with E-state index in [0.717, 1.165) is 24.3 Å². The van der Waals surface area contributed by atoms with Crippen LogP contribution in [0.1, 0.15) is 20.7 Å². The Labute approximate surface area is 166 Å². The van der Waals surface area contributed by atoms with Crippen LogP contribution in [0, 0.1) is 0 Å². The minimum atomic E-state index is -6.23. The van der Waals surface area contributed by atoms with Crippen LogP contribution in [0.5, 0.6) is 0 Å². The molecule has 0 aromatic heterocycles. The molecule has 6 nitrogen and oxygen atoms in total. The van der Waals surface area contributed by atoms with Crippen molar-refractivity contribution in [3.63, 3.8) is 0 Å². The number of hydrogen-bond donors (Lipinski definition) is 0. The number of ketones is 2. The monoisotopic (exact) mass is 476 g/mol. The van der Waals surface area contributed by atoms with Gasteiger partial charge in [-0.15, -0.1) is 0 Å². The summed E-state index contributed by atoms with van der Waals surface area (Å²) in [6, 6.07) is 11.8. The van der Waals surface area contributed by atoms with E-state index in [2.05, 4.69) is 0 Å². The zero-order valence-corrected chi connectivity index (χ0v) is 15.9. The fourth-order valence-corrected chi connectivity index (χ4v) is 2.42. The fraction of sp³-hybridized carbons (Fsp3) is 0.125. The van der Waals surface area contributed by atoms with E-state index in [1.807, 2.05) is 0 Å². The lowest BCUT2D eigenvalue weighted by Gasteiger charge is -2.09. The van der Waals surface area contributed by atoms with Gasteiger partial charge >= 0.3 is 31.0 Å². The van der Waals surface area contributed by atoms with E-state index in [4.69, 9.17) is 0 Å². The minimum Gasteiger partial charge on any atom is -0.286 e. The van der Waals surface area contributed by atoms with Gasteiger partial charge in [-0.3, -0.25) is 9.59 Å². The first-order chi connectivity index (χ1) is 13.5. The first kappa shape index (κ1) is 25.3. The Morgan fingerprint density at radius 1 is 0.567 bits per heavy atom. The second-order valence-corrected chi connectivity index (χ2v) is 8.08. The summed E-state index contributed by atoms with van der Waals surface area (Å²) in [6.45, 7) is 0. The normalized spacial score (nSPS) is 12.5. The van der Waals surface area contributed by atoms with Crippen LogP contribution in [-0.2, 0) is 20.4 Å². The summed E-state index contributed by atoms with van der Waals surface area (Å²) in [5, 5.41) is -10.1. The maximum Gasteiger partial charge on any atom is 0.435 e. The van der Waals surface area contributed by atoms with Gasteiger partial charge in [-0.1, -0.05) is 68.4 Å². The average Bonchev–Trinajstić information content (AvgIpc) is 2.67. The molecule has 0 unspecified atom stereocenters. The van der Waals surface area contributed by atoms with Gasteiger partial charge in [0.2, 0.25) is 0 Å². The highest BCUT2D eigenvalue weighted by Crippen LogP contribution is 2.28. The third-order valence-electron chi connectivity index (χ3n) is 3.21. The molecule has 0 aliphatic heterocycles. The Morgan fingerprint density at radius 3 is 1.00 bits per heavy atom. The molecule has 2 rings (SSSR count). The lowest BCUT2D eigenvalue weighted by atomic mass is 10.1. The zero-order valence-electron chi connectivity index (χ0n) is 14.3. The number of halogens is 6. The summed E-state index contributed by atoms with van der Waals surface area (Å²) in [4.78, 5) is 21.9. The Balaban J connectivity index is 0.000000300. The quantitative estimate of drug-likeness (QED) is 0.359. The molecule has 0 saturated heterocycles. The van der Waals surface area contributed by atoms with E-state index in [-0.39, 0.29) is 0 Å². The van der Waals surface area contributed by atoms with E-state index in [1.54, 1.807) is 0 Å². The molecular weight excluding hydrogens is 466 g/mol. The summed E-state index contributed by atoms with van der Waals surface area (Å²) in [5.41, 5.74) is -1.13. The largest absolute Gasteiger partial charge is 0.435 e. The molecule has 30 heavy (non-hydrogen) atoms. The number of alkyl halides is 4. The molecule has 0 aliphatic rings. The van der Waals surface area contributed by atoms with Gasteiger partial charge in [-0.25, -0.2) is 0 Å². The second kappa shape index (κ2) is 8.95. The Bertz CT molecular complexity index is 1030. The topological polar surface area (TPSA) is 102 Å². The molecule has 0 atom stereocenters. The van der Waals surface area contributed by atoms with Crippen molar-refractivity contribution in [2.45, 2.75) is 10.5 Å². The predicted octanol–water partition coefficient (Wildman–Crippen LogP) is 3.52. The van der Waals surface area contributed by atoms with E-state index in [9.17, 15) is 51.8 Å². The lowest BCUT2D eigenvalue weighted by molar-refractivity contribution is 0.0506. The van der Waals surface area contributed by atoms with Crippen LogP contribution < -0.4 is 0 Å². The maximum atomic E-state index is 12.7. The average molecular weight is 476 g/mol. The number of hydrogen-bond acceptors (Lipinski definition) is 6. The molecule has 14 heteroatoms. The third-order valence-corrected chi connectivity index (χ3v) is 4.81. The van der Waals surface area contributed by atoms with Gasteiger partial charge in [0.25, 0.3) is 11.6 Å². The summed E-state index contributed by atoms with van der Waals surface area (Å²) in [6.07, 6.45) is 0. The first-order valence-corrected chi connectivity index (χ1v) is 10.1. The van der Waals surface area contributed by atoms with Crippen molar-refractivity contribution in [1.29, 1.82) is 0 Å². The van der Waals surface area contributed by atoms with Crippen LogP contribution in [0.25, 0.3) is 0 Å². The highest BCUT2D eigenvalue weighted by molar-refractivity contribution is 7.88. The summed E-state index contributed by atoms with van der Waals surface area (Å²) < 4.78 is 115. The van der Waals surface area contributed by atoms with Crippen molar-refractivity contribution in [1.82, 2.24) is 0 Å². The Kier molecular flexibility index (Phi) is 7.55. The van der Waals surface area contributed by atoms with E-state index in [0.29, 0.717) is 0 Å². The minimum absolute atomic E-state index is 0.566. The Hall–Kier alpha value is -2.74. The molecule has 0 saturated carbocycles. The molecule has 0 amide bonds. The first-order valence-electron chi connectivity index (χ1n) is 7.37. The van der Waals surface area contributed by atoms with Gasteiger partial charge in [0.1, 0.15) is 0 Å². The number of carbonyl (C=O) groups excluding carboxylic acids is 2. The van der Waals surface area contributed by atoms with Crippen molar-refractivity contribution in [3.05, 3.63) is 71.8 Å². The molecule has 0 spiro atoms.